The van der Waals surface area contributed by atoms with Gasteiger partial charge in [0.15, 0.2) is 11.6 Å². The number of hydrogen-bond donors (Lipinski definition) is 1. The van der Waals surface area contributed by atoms with Crippen LogP contribution in [0.2, 0.25) is 0 Å². The van der Waals surface area contributed by atoms with E-state index in [-0.39, 0.29) is 5.56 Å². The molecule has 0 amide bonds. The molecule has 19 heavy (non-hydrogen) atoms. The Hall–Kier alpha value is -2.04. The van der Waals surface area contributed by atoms with E-state index in [0.29, 0.717) is 11.6 Å². The predicted octanol–water partition coefficient (Wildman–Crippen LogP) is 1.80. The molecule has 2 aromatic heterocycles. The van der Waals surface area contributed by atoms with E-state index in [1.807, 2.05) is 6.92 Å². The van der Waals surface area contributed by atoms with Gasteiger partial charge in [-0.15, -0.1) is 0 Å². The number of rotatable bonds is 1. The standard InChI is InChI=1S/C14H16N4O/c1-9-7-15-12(16-8-9)13-17-11-6-4-2-3-5-10(11)14(19)18-13/h7-8H,2-6H2,1H3,(H,17,18,19). The Morgan fingerprint density at radius 3 is 2.63 bits per heavy atom. The van der Waals surface area contributed by atoms with Gasteiger partial charge in [0.1, 0.15) is 0 Å². The van der Waals surface area contributed by atoms with Crippen molar-refractivity contribution in [1.82, 2.24) is 19.9 Å². The van der Waals surface area contributed by atoms with Crippen molar-refractivity contribution in [1.29, 1.82) is 0 Å². The summed E-state index contributed by atoms with van der Waals surface area (Å²) in [5, 5.41) is 0. The van der Waals surface area contributed by atoms with Gasteiger partial charge in [-0.2, -0.15) is 0 Å². The van der Waals surface area contributed by atoms with Crippen LogP contribution in [0, 0.1) is 6.92 Å². The molecule has 2 aromatic rings. The minimum Gasteiger partial charge on any atom is -0.304 e. The molecule has 0 bridgehead atoms. The molecule has 0 radical (unpaired) electrons. The van der Waals surface area contributed by atoms with Crippen molar-refractivity contribution in [2.24, 2.45) is 0 Å². The molecule has 0 saturated carbocycles. The third-order valence-corrected chi connectivity index (χ3v) is 3.43. The Bertz CT molecular complexity index is 645. The lowest BCUT2D eigenvalue weighted by atomic mass is 10.1. The summed E-state index contributed by atoms with van der Waals surface area (Å²) in [6, 6.07) is 0. The average Bonchev–Trinajstić information content (AvgIpc) is 2.65. The second-order valence-corrected chi connectivity index (χ2v) is 4.98. The summed E-state index contributed by atoms with van der Waals surface area (Å²) in [7, 11) is 0. The van der Waals surface area contributed by atoms with Crippen LogP contribution in [0.25, 0.3) is 11.6 Å². The van der Waals surface area contributed by atoms with E-state index in [9.17, 15) is 4.79 Å². The third kappa shape index (κ3) is 2.41. The molecular weight excluding hydrogens is 240 g/mol. The van der Waals surface area contributed by atoms with Crippen molar-refractivity contribution in [3.63, 3.8) is 0 Å². The SMILES string of the molecule is Cc1cnc(-c2nc3c(c(=O)[nH]2)CCCCC3)nc1. The van der Waals surface area contributed by atoms with Gasteiger partial charge in [-0.05, 0) is 38.2 Å². The summed E-state index contributed by atoms with van der Waals surface area (Å²) in [4.78, 5) is 27.9. The topological polar surface area (TPSA) is 71.5 Å². The maximum absolute atomic E-state index is 12.1. The molecular formula is C14H16N4O. The molecule has 0 unspecified atom stereocenters. The van der Waals surface area contributed by atoms with Crippen LogP contribution in [-0.2, 0) is 12.8 Å². The van der Waals surface area contributed by atoms with Crippen molar-refractivity contribution in [2.75, 3.05) is 0 Å². The second-order valence-electron chi connectivity index (χ2n) is 4.98. The van der Waals surface area contributed by atoms with Crippen LogP contribution in [0.3, 0.4) is 0 Å². The molecule has 0 spiro atoms. The van der Waals surface area contributed by atoms with Crippen LogP contribution >= 0.6 is 0 Å². The first-order chi connectivity index (χ1) is 9.24. The Morgan fingerprint density at radius 1 is 1.11 bits per heavy atom. The molecule has 0 fully saturated rings. The summed E-state index contributed by atoms with van der Waals surface area (Å²) in [6.45, 7) is 1.93. The summed E-state index contributed by atoms with van der Waals surface area (Å²) in [6.07, 6.45) is 8.48. The quantitative estimate of drug-likeness (QED) is 0.790. The Kier molecular flexibility index (Phi) is 3.11. The fraction of sp³-hybridized carbons (Fsp3) is 0.429. The molecule has 2 heterocycles. The highest BCUT2D eigenvalue weighted by Gasteiger charge is 2.15. The van der Waals surface area contributed by atoms with Gasteiger partial charge in [-0.25, -0.2) is 15.0 Å². The molecule has 98 valence electrons. The maximum Gasteiger partial charge on any atom is 0.254 e. The summed E-state index contributed by atoms with van der Waals surface area (Å²) < 4.78 is 0. The number of hydrogen-bond acceptors (Lipinski definition) is 4. The van der Waals surface area contributed by atoms with Gasteiger partial charge in [-0.3, -0.25) is 4.79 Å². The molecule has 5 nitrogen and oxygen atoms in total. The van der Waals surface area contributed by atoms with Crippen LogP contribution in [0.5, 0.6) is 0 Å². The average molecular weight is 256 g/mol. The Morgan fingerprint density at radius 2 is 1.84 bits per heavy atom. The molecule has 0 saturated heterocycles. The van der Waals surface area contributed by atoms with Crippen molar-refractivity contribution < 1.29 is 0 Å². The monoisotopic (exact) mass is 256 g/mol. The third-order valence-electron chi connectivity index (χ3n) is 3.43. The second kappa shape index (κ2) is 4.91. The molecule has 1 N–H and O–H groups in total. The molecule has 5 heteroatoms. The minimum absolute atomic E-state index is 0.0360. The highest BCUT2D eigenvalue weighted by molar-refractivity contribution is 5.43. The molecule has 0 atom stereocenters. The highest BCUT2D eigenvalue weighted by Crippen LogP contribution is 2.17. The first-order valence-corrected chi connectivity index (χ1v) is 6.65. The zero-order valence-electron chi connectivity index (χ0n) is 10.9. The maximum atomic E-state index is 12.1. The zero-order chi connectivity index (χ0) is 13.2. The summed E-state index contributed by atoms with van der Waals surface area (Å²) in [5.74, 6) is 0.959. The Labute approximate surface area is 111 Å². The number of nitrogens with zero attached hydrogens (tertiary/aromatic N) is 3. The van der Waals surface area contributed by atoms with E-state index in [1.54, 1.807) is 12.4 Å². The van der Waals surface area contributed by atoms with Gasteiger partial charge in [0, 0.05) is 18.0 Å². The lowest BCUT2D eigenvalue weighted by Gasteiger charge is -2.06. The lowest BCUT2D eigenvalue weighted by molar-refractivity contribution is 0.708. The molecule has 1 aliphatic carbocycles. The van der Waals surface area contributed by atoms with Gasteiger partial charge < -0.3 is 4.98 Å². The van der Waals surface area contributed by atoms with Gasteiger partial charge in [-0.1, -0.05) is 6.42 Å². The number of nitrogens with one attached hydrogen (secondary N) is 1. The van der Waals surface area contributed by atoms with Crippen LogP contribution < -0.4 is 5.56 Å². The van der Waals surface area contributed by atoms with E-state index in [2.05, 4.69) is 19.9 Å². The van der Waals surface area contributed by atoms with Crippen LogP contribution in [-0.4, -0.2) is 19.9 Å². The van der Waals surface area contributed by atoms with Gasteiger partial charge in [0.05, 0.1) is 5.69 Å². The van der Waals surface area contributed by atoms with E-state index in [4.69, 9.17) is 0 Å². The zero-order valence-corrected chi connectivity index (χ0v) is 10.9. The van der Waals surface area contributed by atoms with Gasteiger partial charge in [0.25, 0.3) is 5.56 Å². The predicted molar refractivity (Wildman–Crippen MR) is 71.9 cm³/mol. The van der Waals surface area contributed by atoms with Crippen molar-refractivity contribution in [3.8, 4) is 11.6 Å². The minimum atomic E-state index is -0.0360. The first-order valence-electron chi connectivity index (χ1n) is 6.65. The van der Waals surface area contributed by atoms with Crippen LogP contribution in [0.4, 0.5) is 0 Å². The number of aromatic amines is 1. The van der Waals surface area contributed by atoms with Crippen LogP contribution in [0.1, 0.15) is 36.1 Å². The normalized spacial score (nSPS) is 14.8. The van der Waals surface area contributed by atoms with E-state index in [0.717, 1.165) is 48.9 Å². The fourth-order valence-corrected chi connectivity index (χ4v) is 2.40. The van der Waals surface area contributed by atoms with E-state index in [1.165, 1.54) is 0 Å². The summed E-state index contributed by atoms with van der Waals surface area (Å²) >= 11 is 0. The number of H-pyrrole nitrogens is 1. The number of fused-ring (bicyclic) bond motifs is 1. The van der Waals surface area contributed by atoms with Gasteiger partial charge >= 0.3 is 0 Å². The van der Waals surface area contributed by atoms with Gasteiger partial charge in [0.2, 0.25) is 0 Å². The molecule has 1 aliphatic rings. The van der Waals surface area contributed by atoms with Crippen molar-refractivity contribution >= 4 is 0 Å². The number of aromatic nitrogens is 4. The van der Waals surface area contributed by atoms with E-state index >= 15 is 0 Å². The van der Waals surface area contributed by atoms with Crippen molar-refractivity contribution in [2.45, 2.75) is 39.0 Å². The van der Waals surface area contributed by atoms with Crippen LogP contribution in [0.15, 0.2) is 17.2 Å². The fourth-order valence-electron chi connectivity index (χ4n) is 2.40. The highest BCUT2D eigenvalue weighted by atomic mass is 16.1. The lowest BCUT2D eigenvalue weighted by Crippen LogP contribution is -2.18. The largest absolute Gasteiger partial charge is 0.304 e. The Balaban J connectivity index is 2.08. The smallest absolute Gasteiger partial charge is 0.254 e. The molecule has 3 rings (SSSR count). The van der Waals surface area contributed by atoms with Crippen molar-refractivity contribution in [3.05, 3.63) is 39.6 Å². The summed E-state index contributed by atoms with van der Waals surface area (Å²) in [5.41, 5.74) is 2.71. The van der Waals surface area contributed by atoms with E-state index < -0.39 is 0 Å². The first kappa shape index (κ1) is 12.0. The molecule has 0 aromatic carbocycles. The number of aryl methyl sites for hydroxylation is 2. The molecule has 0 aliphatic heterocycles.